The fraction of sp³-hybridized carbons (Fsp3) is 0.400. The number of carbonyl (C=O) groups is 2. The molecule has 1 saturated heterocycles. The highest BCUT2D eigenvalue weighted by molar-refractivity contribution is 7.08. The summed E-state index contributed by atoms with van der Waals surface area (Å²) in [6.45, 7) is 5.28. The van der Waals surface area contributed by atoms with Gasteiger partial charge in [0.2, 0.25) is 11.8 Å². The topological polar surface area (TPSA) is 52.7 Å². The van der Waals surface area contributed by atoms with Crippen LogP contribution in [0.3, 0.4) is 0 Å². The molecule has 0 atom stereocenters. The van der Waals surface area contributed by atoms with Gasteiger partial charge in [0, 0.05) is 31.9 Å². The maximum atomic E-state index is 12.3. The van der Waals surface area contributed by atoms with Crippen LogP contribution in [-0.2, 0) is 22.4 Å². The second kappa shape index (κ2) is 8.96. The molecular formula is C20H25N3O2S. The van der Waals surface area contributed by atoms with Crippen LogP contribution in [0, 0.1) is 0 Å². The fourth-order valence-corrected chi connectivity index (χ4v) is 3.85. The lowest BCUT2D eigenvalue weighted by atomic mass is 10.1. The van der Waals surface area contributed by atoms with Gasteiger partial charge in [0.05, 0.1) is 13.0 Å². The third-order valence-corrected chi connectivity index (χ3v) is 5.43. The van der Waals surface area contributed by atoms with Crippen LogP contribution in [0.5, 0.6) is 0 Å². The minimum Gasteiger partial charge on any atom is -0.340 e. The third-order valence-electron chi connectivity index (χ3n) is 4.70. The van der Waals surface area contributed by atoms with Crippen molar-refractivity contribution in [3.05, 3.63) is 52.2 Å². The van der Waals surface area contributed by atoms with E-state index >= 15 is 0 Å². The van der Waals surface area contributed by atoms with E-state index in [9.17, 15) is 9.59 Å². The van der Waals surface area contributed by atoms with E-state index < -0.39 is 0 Å². The minimum absolute atomic E-state index is 0.00366. The molecule has 0 aliphatic carbocycles. The quantitative estimate of drug-likeness (QED) is 0.849. The first-order valence-corrected chi connectivity index (χ1v) is 9.99. The molecule has 2 heterocycles. The monoisotopic (exact) mass is 371 g/mol. The number of anilines is 1. The van der Waals surface area contributed by atoms with Gasteiger partial charge in [-0.05, 0) is 40.4 Å². The molecule has 0 saturated carbocycles. The summed E-state index contributed by atoms with van der Waals surface area (Å²) < 4.78 is 0. The van der Waals surface area contributed by atoms with E-state index in [1.165, 1.54) is 0 Å². The largest absolute Gasteiger partial charge is 0.340 e. The number of carbonyl (C=O) groups excluding carboxylic acids is 2. The predicted molar refractivity (Wildman–Crippen MR) is 105 cm³/mol. The van der Waals surface area contributed by atoms with Crippen LogP contribution in [0.1, 0.15) is 18.1 Å². The summed E-state index contributed by atoms with van der Waals surface area (Å²) in [6, 6.07) is 9.90. The van der Waals surface area contributed by atoms with Gasteiger partial charge in [-0.25, -0.2) is 0 Å². The van der Waals surface area contributed by atoms with E-state index in [0.717, 1.165) is 36.3 Å². The molecule has 1 aliphatic rings. The van der Waals surface area contributed by atoms with Gasteiger partial charge in [-0.1, -0.05) is 25.1 Å². The molecule has 0 spiro atoms. The van der Waals surface area contributed by atoms with Gasteiger partial charge >= 0.3 is 0 Å². The maximum Gasteiger partial charge on any atom is 0.238 e. The fourth-order valence-electron chi connectivity index (χ4n) is 3.18. The van der Waals surface area contributed by atoms with Crippen molar-refractivity contribution in [1.82, 2.24) is 9.80 Å². The van der Waals surface area contributed by atoms with E-state index in [-0.39, 0.29) is 11.8 Å². The molecule has 2 aromatic rings. The van der Waals surface area contributed by atoms with E-state index in [1.54, 1.807) is 11.3 Å². The van der Waals surface area contributed by atoms with Gasteiger partial charge in [-0.3, -0.25) is 14.5 Å². The molecule has 1 aliphatic heterocycles. The number of nitrogens with one attached hydrogen (secondary N) is 1. The third kappa shape index (κ3) is 4.93. The van der Waals surface area contributed by atoms with Crippen LogP contribution in [-0.4, -0.2) is 54.3 Å². The number of hydrogen-bond donors (Lipinski definition) is 1. The summed E-state index contributed by atoms with van der Waals surface area (Å²) >= 11 is 1.62. The van der Waals surface area contributed by atoms with E-state index in [2.05, 4.69) is 17.1 Å². The van der Waals surface area contributed by atoms with Gasteiger partial charge in [-0.15, -0.1) is 0 Å². The number of benzene rings is 1. The molecule has 26 heavy (non-hydrogen) atoms. The Morgan fingerprint density at radius 3 is 2.58 bits per heavy atom. The normalized spacial score (nSPS) is 15.0. The Balaban J connectivity index is 1.44. The molecule has 1 fully saturated rings. The van der Waals surface area contributed by atoms with Crippen molar-refractivity contribution in [2.45, 2.75) is 19.8 Å². The molecule has 2 amide bonds. The number of rotatable bonds is 6. The van der Waals surface area contributed by atoms with Crippen molar-refractivity contribution in [2.75, 3.05) is 38.0 Å². The number of para-hydroxylation sites is 1. The molecule has 0 unspecified atom stereocenters. The SMILES string of the molecule is CCc1ccccc1NC(=O)CN1CCN(C(=O)Cc2ccsc2)CC1. The first-order valence-electron chi connectivity index (χ1n) is 9.04. The first-order chi connectivity index (χ1) is 12.7. The highest BCUT2D eigenvalue weighted by Crippen LogP contribution is 2.15. The van der Waals surface area contributed by atoms with Crippen LogP contribution in [0.15, 0.2) is 41.1 Å². The van der Waals surface area contributed by atoms with Crippen molar-refractivity contribution in [2.24, 2.45) is 0 Å². The van der Waals surface area contributed by atoms with Gasteiger partial charge in [0.1, 0.15) is 0 Å². The summed E-state index contributed by atoms with van der Waals surface area (Å²) in [5.74, 6) is 0.174. The molecule has 0 radical (unpaired) electrons. The van der Waals surface area contributed by atoms with Crippen molar-refractivity contribution < 1.29 is 9.59 Å². The number of thiophene rings is 1. The van der Waals surface area contributed by atoms with Gasteiger partial charge in [0.25, 0.3) is 0 Å². The molecule has 138 valence electrons. The lowest BCUT2D eigenvalue weighted by Gasteiger charge is -2.34. The smallest absolute Gasteiger partial charge is 0.238 e. The highest BCUT2D eigenvalue weighted by atomic mass is 32.1. The summed E-state index contributed by atoms with van der Waals surface area (Å²) in [7, 11) is 0. The Labute approximate surface area is 158 Å². The van der Waals surface area contributed by atoms with Crippen LogP contribution < -0.4 is 5.32 Å². The molecule has 1 N–H and O–H groups in total. The van der Waals surface area contributed by atoms with Crippen molar-refractivity contribution in [1.29, 1.82) is 0 Å². The van der Waals surface area contributed by atoms with Crippen LogP contribution in [0.25, 0.3) is 0 Å². The van der Waals surface area contributed by atoms with Gasteiger partial charge in [0.15, 0.2) is 0 Å². The van der Waals surface area contributed by atoms with E-state index in [0.29, 0.717) is 26.1 Å². The Morgan fingerprint density at radius 1 is 1.12 bits per heavy atom. The number of aryl methyl sites for hydroxylation is 1. The molecular weight excluding hydrogens is 346 g/mol. The zero-order valence-corrected chi connectivity index (χ0v) is 15.9. The van der Waals surface area contributed by atoms with E-state index in [4.69, 9.17) is 0 Å². The Hall–Kier alpha value is -2.18. The maximum absolute atomic E-state index is 12.3. The molecule has 0 bridgehead atoms. The second-order valence-electron chi connectivity index (χ2n) is 6.52. The number of nitrogens with zero attached hydrogens (tertiary/aromatic N) is 2. The number of amides is 2. The Bertz CT molecular complexity index is 737. The zero-order chi connectivity index (χ0) is 18.4. The van der Waals surface area contributed by atoms with Crippen LogP contribution in [0.4, 0.5) is 5.69 Å². The Morgan fingerprint density at radius 2 is 1.88 bits per heavy atom. The molecule has 3 rings (SSSR count). The Kier molecular flexibility index (Phi) is 6.41. The van der Waals surface area contributed by atoms with Gasteiger partial charge in [-0.2, -0.15) is 11.3 Å². The standard InChI is InChI=1S/C20H25N3O2S/c1-2-17-5-3-4-6-18(17)21-19(24)14-22-8-10-23(11-9-22)20(25)13-16-7-12-26-15-16/h3-7,12,15H,2,8-11,13-14H2,1H3,(H,21,24). The number of hydrogen-bond acceptors (Lipinski definition) is 4. The molecule has 1 aromatic carbocycles. The summed E-state index contributed by atoms with van der Waals surface area (Å²) in [5, 5.41) is 7.03. The van der Waals surface area contributed by atoms with Crippen LogP contribution >= 0.6 is 11.3 Å². The second-order valence-corrected chi connectivity index (χ2v) is 7.30. The molecule has 6 heteroatoms. The number of piperazine rings is 1. The first kappa shape index (κ1) is 18.6. The molecule has 1 aromatic heterocycles. The van der Waals surface area contributed by atoms with Gasteiger partial charge < -0.3 is 10.2 Å². The summed E-state index contributed by atoms with van der Waals surface area (Å²) in [5.41, 5.74) is 3.12. The van der Waals surface area contributed by atoms with Crippen LogP contribution in [0.2, 0.25) is 0 Å². The van der Waals surface area contributed by atoms with E-state index in [1.807, 2.05) is 46.0 Å². The lowest BCUT2D eigenvalue weighted by Crippen LogP contribution is -2.50. The molecule has 5 nitrogen and oxygen atoms in total. The predicted octanol–water partition coefficient (Wildman–Crippen LogP) is 2.64. The highest BCUT2D eigenvalue weighted by Gasteiger charge is 2.22. The lowest BCUT2D eigenvalue weighted by molar-refractivity contribution is -0.132. The van der Waals surface area contributed by atoms with Crippen molar-refractivity contribution in [3.8, 4) is 0 Å². The van der Waals surface area contributed by atoms with Crippen molar-refractivity contribution >= 4 is 28.8 Å². The average molecular weight is 372 g/mol. The zero-order valence-electron chi connectivity index (χ0n) is 15.1. The summed E-state index contributed by atoms with van der Waals surface area (Å²) in [6.07, 6.45) is 1.36. The minimum atomic E-state index is 0.00366. The average Bonchev–Trinajstić information content (AvgIpc) is 3.15. The summed E-state index contributed by atoms with van der Waals surface area (Å²) in [4.78, 5) is 28.7. The van der Waals surface area contributed by atoms with Crippen molar-refractivity contribution in [3.63, 3.8) is 0 Å².